The number of nitrogens with zero attached hydrogens (tertiary/aromatic N) is 2. The van der Waals surface area contributed by atoms with Crippen molar-refractivity contribution >= 4 is 17.3 Å². The standard InChI is InChI=1S/C12H15N5O2/c1-7-16-11(17-19-7)4-5-15-8-2-3-10(13)9(6-8)12(14)18/h2-3,6,15H,4-5,13H2,1H3,(H2,14,18). The third-order valence-electron chi connectivity index (χ3n) is 2.57. The maximum atomic E-state index is 11.2. The maximum absolute atomic E-state index is 11.2. The van der Waals surface area contributed by atoms with E-state index in [-0.39, 0.29) is 0 Å². The number of carbonyl (C=O) groups excluding carboxylic acids is 1. The van der Waals surface area contributed by atoms with Crippen molar-refractivity contribution in [3.63, 3.8) is 0 Å². The van der Waals surface area contributed by atoms with Gasteiger partial charge in [-0.05, 0) is 18.2 Å². The van der Waals surface area contributed by atoms with Gasteiger partial charge in [0.25, 0.3) is 5.91 Å². The second-order valence-corrected chi connectivity index (χ2v) is 4.07. The molecule has 2 rings (SSSR count). The number of anilines is 2. The second kappa shape index (κ2) is 5.38. The van der Waals surface area contributed by atoms with Gasteiger partial charge in [-0.25, -0.2) is 0 Å². The number of aromatic nitrogens is 2. The normalized spacial score (nSPS) is 10.4. The molecule has 1 aromatic heterocycles. The summed E-state index contributed by atoms with van der Waals surface area (Å²) in [6.45, 7) is 2.35. The molecule has 0 unspecified atom stereocenters. The lowest BCUT2D eigenvalue weighted by molar-refractivity contribution is 0.100. The fourth-order valence-corrected chi connectivity index (χ4v) is 1.64. The molecule has 1 aromatic carbocycles. The van der Waals surface area contributed by atoms with E-state index >= 15 is 0 Å². The lowest BCUT2D eigenvalue weighted by Crippen LogP contribution is -2.14. The summed E-state index contributed by atoms with van der Waals surface area (Å²) < 4.78 is 4.87. The minimum atomic E-state index is -0.546. The molecule has 7 heteroatoms. The zero-order chi connectivity index (χ0) is 13.8. The Morgan fingerprint density at radius 3 is 2.89 bits per heavy atom. The van der Waals surface area contributed by atoms with E-state index in [0.29, 0.717) is 35.9 Å². The van der Waals surface area contributed by atoms with Crippen LogP contribution in [0.3, 0.4) is 0 Å². The van der Waals surface area contributed by atoms with Crippen LogP contribution in [0.5, 0.6) is 0 Å². The van der Waals surface area contributed by atoms with Crippen LogP contribution < -0.4 is 16.8 Å². The summed E-state index contributed by atoms with van der Waals surface area (Å²) >= 11 is 0. The minimum Gasteiger partial charge on any atom is -0.398 e. The van der Waals surface area contributed by atoms with E-state index in [2.05, 4.69) is 15.5 Å². The van der Waals surface area contributed by atoms with Gasteiger partial charge in [0, 0.05) is 31.3 Å². The first kappa shape index (κ1) is 12.9. The van der Waals surface area contributed by atoms with Crippen LogP contribution in [0.4, 0.5) is 11.4 Å². The number of aryl methyl sites for hydroxylation is 1. The topological polar surface area (TPSA) is 120 Å². The number of nitrogen functional groups attached to an aromatic ring is 1. The maximum Gasteiger partial charge on any atom is 0.250 e. The summed E-state index contributed by atoms with van der Waals surface area (Å²) in [7, 11) is 0. The Morgan fingerprint density at radius 2 is 2.26 bits per heavy atom. The summed E-state index contributed by atoms with van der Waals surface area (Å²) in [5, 5.41) is 6.93. The van der Waals surface area contributed by atoms with Crippen LogP contribution in [0.1, 0.15) is 22.1 Å². The largest absolute Gasteiger partial charge is 0.398 e. The monoisotopic (exact) mass is 261 g/mol. The third kappa shape index (κ3) is 3.21. The number of hydrogen-bond donors (Lipinski definition) is 3. The fraction of sp³-hybridized carbons (Fsp3) is 0.250. The van der Waals surface area contributed by atoms with Crippen LogP contribution in [0, 0.1) is 6.92 Å². The van der Waals surface area contributed by atoms with Crippen molar-refractivity contribution in [2.24, 2.45) is 5.73 Å². The van der Waals surface area contributed by atoms with Gasteiger partial charge in [-0.15, -0.1) is 0 Å². The molecule has 2 aromatic rings. The molecule has 19 heavy (non-hydrogen) atoms. The molecular formula is C12H15N5O2. The number of hydrogen-bond acceptors (Lipinski definition) is 6. The molecule has 0 bridgehead atoms. The molecule has 0 aliphatic carbocycles. The first-order chi connectivity index (χ1) is 9.06. The van der Waals surface area contributed by atoms with Crippen molar-refractivity contribution in [2.75, 3.05) is 17.6 Å². The van der Waals surface area contributed by atoms with Crippen LogP contribution in [0.25, 0.3) is 0 Å². The highest BCUT2D eigenvalue weighted by atomic mass is 16.5. The van der Waals surface area contributed by atoms with Gasteiger partial charge < -0.3 is 21.3 Å². The Balaban J connectivity index is 1.96. The predicted molar refractivity (Wildman–Crippen MR) is 70.6 cm³/mol. The average molecular weight is 261 g/mol. The van der Waals surface area contributed by atoms with Gasteiger partial charge in [0.05, 0.1) is 5.56 Å². The molecule has 0 saturated heterocycles. The Kier molecular flexibility index (Phi) is 3.65. The molecule has 1 heterocycles. The Hall–Kier alpha value is -2.57. The highest BCUT2D eigenvalue weighted by molar-refractivity contribution is 5.98. The van der Waals surface area contributed by atoms with Crippen molar-refractivity contribution in [3.05, 3.63) is 35.5 Å². The van der Waals surface area contributed by atoms with E-state index in [1.54, 1.807) is 25.1 Å². The number of rotatable bonds is 5. The average Bonchev–Trinajstić information content (AvgIpc) is 2.77. The Morgan fingerprint density at radius 1 is 1.47 bits per heavy atom. The third-order valence-corrected chi connectivity index (χ3v) is 2.57. The number of benzene rings is 1. The lowest BCUT2D eigenvalue weighted by Gasteiger charge is -2.08. The highest BCUT2D eigenvalue weighted by Crippen LogP contribution is 2.17. The summed E-state index contributed by atoms with van der Waals surface area (Å²) in [6, 6.07) is 5.04. The number of amides is 1. The number of nitrogens with two attached hydrogens (primary N) is 2. The molecule has 0 atom stereocenters. The quantitative estimate of drug-likeness (QED) is 0.682. The van der Waals surface area contributed by atoms with E-state index in [4.69, 9.17) is 16.0 Å². The molecule has 0 aliphatic rings. The summed E-state index contributed by atoms with van der Waals surface area (Å²) in [4.78, 5) is 15.2. The van der Waals surface area contributed by atoms with Gasteiger partial charge in [0.1, 0.15) is 0 Å². The molecule has 5 N–H and O–H groups in total. The molecule has 1 amide bonds. The molecule has 0 radical (unpaired) electrons. The van der Waals surface area contributed by atoms with E-state index in [1.165, 1.54) is 0 Å². The van der Waals surface area contributed by atoms with Gasteiger partial charge in [0.15, 0.2) is 5.82 Å². The fourth-order valence-electron chi connectivity index (χ4n) is 1.64. The molecule has 7 nitrogen and oxygen atoms in total. The number of carbonyl (C=O) groups is 1. The summed E-state index contributed by atoms with van der Waals surface area (Å²) in [5.41, 5.74) is 12.3. The SMILES string of the molecule is Cc1nc(CCNc2ccc(N)c(C(N)=O)c2)no1. The van der Waals surface area contributed by atoms with Crippen molar-refractivity contribution in [3.8, 4) is 0 Å². The van der Waals surface area contributed by atoms with Crippen LogP contribution in [-0.2, 0) is 6.42 Å². The van der Waals surface area contributed by atoms with Crippen LogP contribution in [0.15, 0.2) is 22.7 Å². The highest BCUT2D eigenvalue weighted by Gasteiger charge is 2.07. The van der Waals surface area contributed by atoms with Gasteiger partial charge in [-0.2, -0.15) is 4.98 Å². The van der Waals surface area contributed by atoms with Crippen molar-refractivity contribution < 1.29 is 9.32 Å². The number of primary amides is 1. The van der Waals surface area contributed by atoms with E-state index in [1.807, 2.05) is 0 Å². The van der Waals surface area contributed by atoms with Gasteiger partial charge in [0.2, 0.25) is 5.89 Å². The van der Waals surface area contributed by atoms with Crippen LogP contribution in [-0.4, -0.2) is 22.6 Å². The van der Waals surface area contributed by atoms with E-state index < -0.39 is 5.91 Å². The minimum absolute atomic E-state index is 0.306. The van der Waals surface area contributed by atoms with Crippen molar-refractivity contribution in [1.82, 2.24) is 10.1 Å². The second-order valence-electron chi connectivity index (χ2n) is 4.07. The van der Waals surface area contributed by atoms with E-state index in [0.717, 1.165) is 5.69 Å². The smallest absolute Gasteiger partial charge is 0.250 e. The molecule has 0 aliphatic heterocycles. The van der Waals surface area contributed by atoms with Gasteiger partial charge >= 0.3 is 0 Å². The Labute approximate surface area is 110 Å². The van der Waals surface area contributed by atoms with E-state index in [9.17, 15) is 4.79 Å². The molecular weight excluding hydrogens is 246 g/mol. The molecule has 100 valence electrons. The van der Waals surface area contributed by atoms with Crippen molar-refractivity contribution in [2.45, 2.75) is 13.3 Å². The zero-order valence-electron chi connectivity index (χ0n) is 10.5. The zero-order valence-corrected chi connectivity index (χ0v) is 10.5. The summed E-state index contributed by atoms with van der Waals surface area (Å²) in [5.74, 6) is 0.629. The molecule has 0 fully saturated rings. The van der Waals surface area contributed by atoms with Gasteiger partial charge in [-0.1, -0.05) is 5.16 Å². The lowest BCUT2D eigenvalue weighted by atomic mass is 10.1. The van der Waals surface area contributed by atoms with Crippen molar-refractivity contribution in [1.29, 1.82) is 0 Å². The predicted octanol–water partition coefficient (Wildman–Crippen LogP) is 0.714. The van der Waals surface area contributed by atoms with Crippen LogP contribution in [0.2, 0.25) is 0 Å². The molecule has 0 saturated carbocycles. The Bertz CT molecular complexity index is 594. The first-order valence-corrected chi connectivity index (χ1v) is 5.78. The number of nitrogens with one attached hydrogen (secondary N) is 1. The van der Waals surface area contributed by atoms with Crippen LogP contribution >= 0.6 is 0 Å². The molecule has 0 spiro atoms. The van der Waals surface area contributed by atoms with Gasteiger partial charge in [-0.3, -0.25) is 4.79 Å². The summed E-state index contributed by atoms with van der Waals surface area (Å²) in [6.07, 6.45) is 0.619. The first-order valence-electron chi connectivity index (χ1n) is 5.78.